The van der Waals surface area contributed by atoms with Gasteiger partial charge in [-0.2, -0.15) is 0 Å². The Labute approximate surface area is 265 Å². The highest BCUT2D eigenvalue weighted by Gasteiger charge is 2.54. The SMILES string of the molecule is CC(C)(c1ccccc1)c1cccc(C2(C3CCCCC3)CCP(C3CCCCC3)C2=Nc2ccc3ccccc3c2)c1O. The van der Waals surface area contributed by atoms with Gasteiger partial charge in [0.05, 0.1) is 11.1 Å². The molecule has 2 unspecified atom stereocenters. The fraction of sp³-hybridized carbons (Fsp3) is 0.439. The van der Waals surface area contributed by atoms with Crippen molar-refractivity contribution < 1.29 is 5.11 Å². The van der Waals surface area contributed by atoms with E-state index < -0.39 is 0 Å². The molecule has 1 N–H and O–H groups in total. The summed E-state index contributed by atoms with van der Waals surface area (Å²) < 4.78 is 0. The molecule has 0 amide bonds. The summed E-state index contributed by atoms with van der Waals surface area (Å²) in [5.41, 5.74) is 6.21. The van der Waals surface area contributed by atoms with Crippen molar-refractivity contribution >= 4 is 29.8 Å². The van der Waals surface area contributed by atoms with Crippen LogP contribution in [0.3, 0.4) is 0 Å². The largest absolute Gasteiger partial charge is 0.507 e. The molecule has 0 aromatic heterocycles. The highest BCUT2D eigenvalue weighted by atomic mass is 31.1. The van der Waals surface area contributed by atoms with Crippen LogP contribution in [0.1, 0.15) is 101 Å². The first-order chi connectivity index (χ1) is 21.5. The van der Waals surface area contributed by atoms with E-state index in [1.807, 2.05) is 0 Å². The number of benzene rings is 4. The normalized spacial score (nSPS) is 24.7. The van der Waals surface area contributed by atoms with E-state index in [0.717, 1.165) is 28.9 Å². The summed E-state index contributed by atoms with van der Waals surface area (Å²) in [6.45, 7) is 4.53. The molecule has 2 atom stereocenters. The Morgan fingerprint density at radius 2 is 1.41 bits per heavy atom. The van der Waals surface area contributed by atoms with Crippen LogP contribution in [0.2, 0.25) is 0 Å². The fourth-order valence-corrected chi connectivity index (χ4v) is 12.6. The van der Waals surface area contributed by atoms with Crippen LogP contribution in [0.5, 0.6) is 5.75 Å². The van der Waals surface area contributed by atoms with E-state index in [0.29, 0.717) is 11.7 Å². The van der Waals surface area contributed by atoms with Crippen LogP contribution in [-0.4, -0.2) is 22.4 Å². The molecule has 2 saturated carbocycles. The summed E-state index contributed by atoms with van der Waals surface area (Å²) in [5, 5.41) is 15.0. The number of aromatic hydroxyl groups is 1. The molecule has 2 nitrogen and oxygen atoms in total. The number of aliphatic imine (C=N–C) groups is 1. The average Bonchev–Trinajstić information content (AvgIpc) is 3.45. The zero-order valence-corrected chi connectivity index (χ0v) is 27.5. The Morgan fingerprint density at radius 3 is 2.16 bits per heavy atom. The number of phenolic OH excluding ortho intramolecular Hbond substituents is 1. The lowest BCUT2D eigenvalue weighted by molar-refractivity contribution is 0.256. The van der Waals surface area contributed by atoms with Gasteiger partial charge in [-0.25, -0.2) is 0 Å². The lowest BCUT2D eigenvalue weighted by atomic mass is 9.63. The van der Waals surface area contributed by atoms with Crippen molar-refractivity contribution in [3.8, 4) is 5.75 Å². The van der Waals surface area contributed by atoms with Crippen molar-refractivity contribution in [1.82, 2.24) is 0 Å². The Kier molecular flexibility index (Phi) is 8.41. The van der Waals surface area contributed by atoms with Gasteiger partial charge >= 0.3 is 0 Å². The number of rotatable bonds is 6. The zero-order valence-electron chi connectivity index (χ0n) is 26.6. The number of para-hydroxylation sites is 1. The molecule has 0 spiro atoms. The lowest BCUT2D eigenvalue weighted by Gasteiger charge is -2.43. The molecule has 44 heavy (non-hydrogen) atoms. The summed E-state index contributed by atoms with van der Waals surface area (Å²) in [6.07, 6.45) is 15.5. The first-order valence-electron chi connectivity index (χ1n) is 17.2. The predicted octanol–water partition coefficient (Wildman–Crippen LogP) is 11.6. The number of fused-ring (bicyclic) bond motifs is 1. The van der Waals surface area contributed by atoms with Gasteiger partial charge in [0.2, 0.25) is 0 Å². The summed E-state index contributed by atoms with van der Waals surface area (Å²) >= 11 is 0. The zero-order chi connectivity index (χ0) is 30.1. The minimum Gasteiger partial charge on any atom is -0.507 e. The monoisotopic (exact) mass is 601 g/mol. The molecule has 4 aromatic carbocycles. The van der Waals surface area contributed by atoms with Crippen molar-refractivity contribution in [3.05, 3.63) is 108 Å². The van der Waals surface area contributed by atoms with Crippen LogP contribution in [0.25, 0.3) is 10.8 Å². The van der Waals surface area contributed by atoms with Crippen molar-refractivity contribution in [1.29, 1.82) is 0 Å². The number of hydrogen-bond donors (Lipinski definition) is 1. The lowest BCUT2D eigenvalue weighted by Crippen LogP contribution is -2.41. The van der Waals surface area contributed by atoms with Crippen molar-refractivity contribution in [2.45, 2.75) is 101 Å². The smallest absolute Gasteiger partial charge is 0.123 e. The van der Waals surface area contributed by atoms with Gasteiger partial charge in [0.25, 0.3) is 0 Å². The fourth-order valence-electron chi connectivity index (χ4n) is 8.93. The van der Waals surface area contributed by atoms with Crippen LogP contribution >= 0.6 is 7.92 Å². The molecular weight excluding hydrogens is 553 g/mol. The summed E-state index contributed by atoms with van der Waals surface area (Å²) in [7, 11) is -0.385. The van der Waals surface area contributed by atoms with Gasteiger partial charge in [-0.15, -0.1) is 0 Å². The van der Waals surface area contributed by atoms with Gasteiger partial charge in [-0.3, -0.25) is 4.99 Å². The van der Waals surface area contributed by atoms with Crippen LogP contribution in [0.15, 0.2) is 96.0 Å². The average molecular weight is 602 g/mol. The van der Waals surface area contributed by atoms with Gasteiger partial charge < -0.3 is 5.11 Å². The summed E-state index contributed by atoms with van der Waals surface area (Å²) in [6, 6.07) is 32.8. The molecular formula is C41H48NOP. The molecule has 7 rings (SSSR count). The van der Waals surface area contributed by atoms with E-state index >= 15 is 0 Å². The first-order valence-corrected chi connectivity index (χ1v) is 18.8. The van der Waals surface area contributed by atoms with Gasteiger partial charge in [0, 0.05) is 22.0 Å². The van der Waals surface area contributed by atoms with Gasteiger partial charge in [-0.1, -0.05) is 139 Å². The number of nitrogens with zero attached hydrogens (tertiary/aromatic N) is 1. The molecule has 0 bridgehead atoms. The molecule has 4 aromatic rings. The Morgan fingerprint density at radius 1 is 0.727 bits per heavy atom. The number of hydrogen-bond acceptors (Lipinski definition) is 2. The van der Waals surface area contributed by atoms with Gasteiger partial charge in [0.1, 0.15) is 5.75 Å². The van der Waals surface area contributed by atoms with Crippen molar-refractivity contribution in [2.75, 3.05) is 6.16 Å². The molecule has 3 aliphatic rings. The maximum atomic E-state index is 12.5. The van der Waals surface area contributed by atoms with E-state index in [1.165, 1.54) is 92.2 Å². The van der Waals surface area contributed by atoms with E-state index in [9.17, 15) is 5.11 Å². The minimum absolute atomic E-state index is 0.206. The quantitative estimate of drug-likeness (QED) is 0.219. The highest BCUT2D eigenvalue weighted by Crippen LogP contribution is 2.66. The third-order valence-corrected chi connectivity index (χ3v) is 14.5. The summed E-state index contributed by atoms with van der Waals surface area (Å²) in [5.74, 6) is 1.03. The maximum absolute atomic E-state index is 12.5. The topological polar surface area (TPSA) is 32.6 Å². The molecule has 2 aliphatic carbocycles. The third kappa shape index (κ3) is 5.32. The van der Waals surface area contributed by atoms with Gasteiger partial charge in [-0.05, 0) is 78.3 Å². The highest BCUT2D eigenvalue weighted by molar-refractivity contribution is 7.76. The van der Waals surface area contributed by atoms with Gasteiger partial charge in [0.15, 0.2) is 0 Å². The number of phenols is 1. The van der Waals surface area contributed by atoms with Crippen LogP contribution in [0, 0.1) is 5.92 Å². The summed E-state index contributed by atoms with van der Waals surface area (Å²) in [4.78, 5) is 5.80. The Balaban J connectivity index is 1.43. The molecule has 1 aliphatic heterocycles. The van der Waals surface area contributed by atoms with Crippen LogP contribution < -0.4 is 0 Å². The first kappa shape index (κ1) is 29.7. The molecule has 1 saturated heterocycles. The van der Waals surface area contributed by atoms with Crippen LogP contribution in [0.4, 0.5) is 5.69 Å². The van der Waals surface area contributed by atoms with E-state index in [-0.39, 0.29) is 18.8 Å². The minimum atomic E-state index is -0.385. The molecule has 1 heterocycles. The predicted molar refractivity (Wildman–Crippen MR) is 189 cm³/mol. The molecule has 3 fully saturated rings. The molecule has 3 heteroatoms. The molecule has 0 radical (unpaired) electrons. The Bertz CT molecular complexity index is 1630. The van der Waals surface area contributed by atoms with Crippen molar-refractivity contribution in [2.24, 2.45) is 10.9 Å². The second-order valence-electron chi connectivity index (χ2n) is 14.2. The maximum Gasteiger partial charge on any atom is 0.123 e. The van der Waals surface area contributed by atoms with E-state index in [4.69, 9.17) is 4.99 Å². The van der Waals surface area contributed by atoms with E-state index in [1.54, 1.807) is 0 Å². The van der Waals surface area contributed by atoms with Crippen molar-refractivity contribution in [3.63, 3.8) is 0 Å². The standard InChI is InChI=1S/C41H48NOP/c1-40(2,32-17-6-3-7-18-32)36-23-14-24-37(38(36)43)41(33-19-8-4-9-20-33)27-28-44(35-21-10-5-11-22-35)39(41)42-34-26-25-30-15-12-13-16-31(30)29-34/h3,6-7,12-18,23-26,29,33,35,43H,4-5,8-11,19-22,27-28H2,1-2H3. The third-order valence-electron chi connectivity index (χ3n) is 11.4. The van der Waals surface area contributed by atoms with Crippen LogP contribution in [-0.2, 0) is 10.8 Å². The second-order valence-corrected chi connectivity index (χ2v) is 16.7. The van der Waals surface area contributed by atoms with E-state index in [2.05, 4.69) is 105 Å². The Hall–Kier alpha value is -2.96. The molecule has 228 valence electrons. The second kappa shape index (κ2) is 12.4.